The second-order valence-corrected chi connectivity index (χ2v) is 10.6. The van der Waals surface area contributed by atoms with E-state index in [-0.39, 0.29) is 23.4 Å². The highest BCUT2D eigenvalue weighted by atomic mass is 19.4. The first-order chi connectivity index (χ1) is 19.9. The number of halogens is 4. The van der Waals surface area contributed by atoms with Crippen molar-refractivity contribution in [3.63, 3.8) is 0 Å². The SMILES string of the molecule is FCOc1ccc(-n2nnnc2C(F)(F)F)cc1CN1C[C@@H]2CCCN2[C@H](C(c2ccccc2)c2ccccc2)C1. The molecule has 0 radical (unpaired) electrons. The van der Waals surface area contributed by atoms with E-state index in [0.29, 0.717) is 22.8 Å². The van der Waals surface area contributed by atoms with Gasteiger partial charge in [-0.3, -0.25) is 9.80 Å². The molecule has 0 bridgehead atoms. The fraction of sp³-hybridized carbons (Fsp3) is 0.367. The number of rotatable bonds is 8. The molecule has 6 rings (SSSR count). The molecule has 0 saturated carbocycles. The Hall–Kier alpha value is -3.83. The molecular formula is C30H30F4N6O. The molecular weight excluding hydrogens is 536 g/mol. The van der Waals surface area contributed by atoms with Gasteiger partial charge < -0.3 is 4.74 Å². The van der Waals surface area contributed by atoms with Crippen LogP contribution in [0.4, 0.5) is 17.6 Å². The normalized spacial score (nSPS) is 19.9. The van der Waals surface area contributed by atoms with Gasteiger partial charge in [-0.2, -0.15) is 17.9 Å². The molecule has 0 amide bonds. The van der Waals surface area contributed by atoms with Gasteiger partial charge in [0.15, 0.2) is 0 Å². The van der Waals surface area contributed by atoms with Gasteiger partial charge >= 0.3 is 6.18 Å². The Labute approximate surface area is 235 Å². The minimum atomic E-state index is -4.73. The number of tetrazole rings is 1. The maximum atomic E-state index is 13.5. The third kappa shape index (κ3) is 5.69. The van der Waals surface area contributed by atoms with Crippen LogP contribution in [0.15, 0.2) is 78.9 Å². The Kier molecular flexibility index (Phi) is 7.72. The van der Waals surface area contributed by atoms with E-state index in [2.05, 4.69) is 73.9 Å². The lowest BCUT2D eigenvalue weighted by atomic mass is 9.82. The summed E-state index contributed by atoms with van der Waals surface area (Å²) in [7, 11) is 0. The van der Waals surface area contributed by atoms with Gasteiger partial charge in [0.05, 0.1) is 5.69 Å². The van der Waals surface area contributed by atoms with Gasteiger partial charge in [-0.1, -0.05) is 60.7 Å². The van der Waals surface area contributed by atoms with Crippen LogP contribution in [-0.4, -0.2) is 68.6 Å². The van der Waals surface area contributed by atoms with Crippen molar-refractivity contribution in [1.82, 2.24) is 30.0 Å². The molecule has 3 heterocycles. The van der Waals surface area contributed by atoms with Gasteiger partial charge in [-0.25, -0.2) is 4.39 Å². The molecule has 0 spiro atoms. The molecule has 3 aromatic carbocycles. The first-order valence-electron chi connectivity index (χ1n) is 13.7. The number of piperazine rings is 1. The van der Waals surface area contributed by atoms with Crippen molar-refractivity contribution in [1.29, 1.82) is 0 Å². The lowest BCUT2D eigenvalue weighted by Crippen LogP contribution is -2.57. The number of hydrogen-bond donors (Lipinski definition) is 0. The van der Waals surface area contributed by atoms with E-state index in [1.807, 2.05) is 12.1 Å². The minimum absolute atomic E-state index is 0.129. The van der Waals surface area contributed by atoms with Crippen LogP contribution in [-0.2, 0) is 12.7 Å². The predicted octanol–water partition coefficient (Wildman–Crippen LogP) is 5.47. The minimum Gasteiger partial charge on any atom is -0.463 e. The van der Waals surface area contributed by atoms with Gasteiger partial charge in [-0.05, 0) is 59.1 Å². The molecule has 2 aliphatic rings. The summed E-state index contributed by atoms with van der Waals surface area (Å²) in [4.78, 5) is 4.93. The molecule has 2 saturated heterocycles. The van der Waals surface area contributed by atoms with Crippen LogP contribution >= 0.6 is 0 Å². The lowest BCUT2D eigenvalue weighted by molar-refractivity contribution is -0.146. The van der Waals surface area contributed by atoms with E-state index in [9.17, 15) is 17.6 Å². The summed E-state index contributed by atoms with van der Waals surface area (Å²) in [6.45, 7) is 1.87. The van der Waals surface area contributed by atoms with Gasteiger partial charge in [0.1, 0.15) is 5.75 Å². The van der Waals surface area contributed by atoms with Crippen LogP contribution < -0.4 is 4.74 Å². The van der Waals surface area contributed by atoms with Crippen LogP contribution in [0.5, 0.6) is 5.75 Å². The highest BCUT2D eigenvalue weighted by Gasteiger charge is 2.42. The number of benzene rings is 3. The van der Waals surface area contributed by atoms with Crippen LogP contribution in [0, 0.1) is 0 Å². The highest BCUT2D eigenvalue weighted by Crippen LogP contribution is 2.38. The molecule has 7 nitrogen and oxygen atoms in total. The van der Waals surface area contributed by atoms with Crippen LogP contribution in [0.25, 0.3) is 5.69 Å². The summed E-state index contributed by atoms with van der Waals surface area (Å²) >= 11 is 0. The predicted molar refractivity (Wildman–Crippen MR) is 144 cm³/mol. The third-order valence-corrected chi connectivity index (χ3v) is 8.08. The number of aromatic nitrogens is 4. The zero-order valence-corrected chi connectivity index (χ0v) is 22.3. The maximum absolute atomic E-state index is 13.5. The molecule has 11 heteroatoms. The molecule has 2 atom stereocenters. The Bertz CT molecular complexity index is 1410. The average molecular weight is 567 g/mol. The van der Waals surface area contributed by atoms with Crippen molar-refractivity contribution < 1.29 is 22.3 Å². The number of ether oxygens (including phenoxy) is 1. The molecule has 2 aliphatic heterocycles. The third-order valence-electron chi connectivity index (χ3n) is 8.08. The number of fused-ring (bicyclic) bond motifs is 1. The van der Waals surface area contributed by atoms with Gasteiger partial charge in [0, 0.05) is 43.2 Å². The summed E-state index contributed by atoms with van der Waals surface area (Å²) in [6, 6.07) is 25.9. The molecule has 0 unspecified atom stereocenters. The first-order valence-corrected chi connectivity index (χ1v) is 13.7. The average Bonchev–Trinajstić information content (AvgIpc) is 3.66. The Morgan fingerprint density at radius 1 is 0.927 bits per heavy atom. The first kappa shape index (κ1) is 27.3. The topological polar surface area (TPSA) is 59.3 Å². The fourth-order valence-corrected chi connectivity index (χ4v) is 6.42. The van der Waals surface area contributed by atoms with Crippen molar-refractivity contribution in [2.75, 3.05) is 26.5 Å². The fourth-order valence-electron chi connectivity index (χ4n) is 6.42. The summed E-state index contributed by atoms with van der Waals surface area (Å²) in [5, 5.41) is 9.95. The lowest BCUT2D eigenvalue weighted by Gasteiger charge is -2.47. The molecule has 0 aliphatic carbocycles. The van der Waals surface area contributed by atoms with Gasteiger partial charge in [0.25, 0.3) is 5.82 Å². The molecule has 41 heavy (non-hydrogen) atoms. The summed E-state index contributed by atoms with van der Waals surface area (Å²) in [6.07, 6.45) is -2.55. The number of hydrogen-bond acceptors (Lipinski definition) is 6. The van der Waals surface area contributed by atoms with E-state index in [0.717, 1.165) is 32.5 Å². The van der Waals surface area contributed by atoms with E-state index in [1.165, 1.54) is 23.3 Å². The maximum Gasteiger partial charge on any atom is 0.453 e. The van der Waals surface area contributed by atoms with Crippen molar-refractivity contribution >= 4 is 0 Å². The van der Waals surface area contributed by atoms with Crippen LogP contribution in [0.2, 0.25) is 0 Å². The Morgan fingerprint density at radius 3 is 2.29 bits per heavy atom. The molecule has 214 valence electrons. The van der Waals surface area contributed by atoms with E-state index in [1.54, 1.807) is 6.07 Å². The molecule has 4 aromatic rings. The zero-order chi connectivity index (χ0) is 28.4. The Morgan fingerprint density at radius 2 is 1.63 bits per heavy atom. The smallest absolute Gasteiger partial charge is 0.453 e. The standard InChI is InChI=1S/C30H30F4N6O/c31-20-41-27-14-13-24(40-29(30(32,33)34)35-36-37-40)16-23(27)17-38-18-25-12-7-15-39(25)26(19-38)28(21-8-3-1-4-9-21)22-10-5-2-6-11-22/h1-6,8-11,13-14,16,25-26,28H,7,12,15,17-20H2/t25-,26-/m0/s1. The molecule has 2 fully saturated rings. The van der Waals surface area contributed by atoms with Crippen LogP contribution in [0.1, 0.15) is 41.3 Å². The van der Waals surface area contributed by atoms with E-state index in [4.69, 9.17) is 4.74 Å². The summed E-state index contributed by atoms with van der Waals surface area (Å²) < 4.78 is 59.8. The van der Waals surface area contributed by atoms with Crippen LogP contribution in [0.3, 0.4) is 0 Å². The second kappa shape index (κ2) is 11.6. The van der Waals surface area contributed by atoms with Crippen molar-refractivity contribution in [3.8, 4) is 11.4 Å². The summed E-state index contributed by atoms with van der Waals surface area (Å²) in [5.41, 5.74) is 3.17. The van der Waals surface area contributed by atoms with Crippen molar-refractivity contribution in [3.05, 3.63) is 101 Å². The highest BCUT2D eigenvalue weighted by molar-refractivity contribution is 5.44. The molecule has 0 N–H and O–H groups in total. The van der Waals surface area contributed by atoms with E-state index >= 15 is 0 Å². The Balaban J connectivity index is 1.35. The van der Waals surface area contributed by atoms with Gasteiger partial charge in [-0.15, -0.1) is 5.10 Å². The largest absolute Gasteiger partial charge is 0.463 e. The van der Waals surface area contributed by atoms with Gasteiger partial charge in [0.2, 0.25) is 6.86 Å². The van der Waals surface area contributed by atoms with Crippen molar-refractivity contribution in [2.24, 2.45) is 0 Å². The zero-order valence-electron chi connectivity index (χ0n) is 22.3. The number of nitrogens with zero attached hydrogens (tertiary/aromatic N) is 6. The molecule has 1 aromatic heterocycles. The summed E-state index contributed by atoms with van der Waals surface area (Å²) in [5.74, 6) is -0.814. The monoisotopic (exact) mass is 566 g/mol. The number of alkyl halides is 4. The van der Waals surface area contributed by atoms with Crippen molar-refractivity contribution in [2.45, 2.75) is 43.6 Å². The van der Waals surface area contributed by atoms with E-state index < -0.39 is 18.9 Å². The quantitative estimate of drug-likeness (QED) is 0.264. The second-order valence-electron chi connectivity index (χ2n) is 10.6.